The maximum atomic E-state index is 13.4. The second-order valence-corrected chi connectivity index (χ2v) is 7.79. The third-order valence-electron chi connectivity index (χ3n) is 5.90. The molecule has 166 valence electrons. The van der Waals surface area contributed by atoms with Crippen LogP contribution in [0.2, 0.25) is 0 Å². The number of amides is 2. The maximum absolute atomic E-state index is 13.4. The van der Waals surface area contributed by atoms with E-state index in [1.165, 1.54) is 0 Å². The summed E-state index contributed by atoms with van der Waals surface area (Å²) in [4.78, 5) is 38.5. The smallest absolute Gasteiger partial charge is 0.256 e. The average Bonchev–Trinajstić information content (AvgIpc) is 3.28. The van der Waals surface area contributed by atoms with Gasteiger partial charge in [-0.15, -0.1) is 0 Å². The molecule has 1 aliphatic heterocycles. The van der Waals surface area contributed by atoms with Crippen LogP contribution < -0.4 is 4.74 Å². The minimum Gasteiger partial charge on any atom is -0.497 e. The van der Waals surface area contributed by atoms with Gasteiger partial charge in [-0.1, -0.05) is 18.2 Å². The lowest BCUT2D eigenvalue weighted by atomic mass is 10.1. The van der Waals surface area contributed by atoms with Gasteiger partial charge in [-0.3, -0.25) is 14.2 Å². The van der Waals surface area contributed by atoms with Crippen molar-refractivity contribution in [1.82, 2.24) is 24.3 Å². The Balaban J connectivity index is 1.34. The number of carbonyl (C=O) groups excluding carboxylic acids is 2. The zero-order valence-corrected chi connectivity index (χ0v) is 18.2. The monoisotopic (exact) mass is 441 g/mol. The number of nitrogens with zero attached hydrogens (tertiary/aromatic N) is 5. The molecule has 0 N–H and O–H groups in total. The van der Waals surface area contributed by atoms with Crippen LogP contribution in [0.1, 0.15) is 20.7 Å². The van der Waals surface area contributed by atoms with Crippen LogP contribution in [-0.4, -0.2) is 69.4 Å². The molecule has 0 bridgehead atoms. The van der Waals surface area contributed by atoms with Crippen molar-refractivity contribution in [1.29, 1.82) is 0 Å². The molecule has 8 heteroatoms. The van der Waals surface area contributed by atoms with E-state index in [-0.39, 0.29) is 11.8 Å². The Morgan fingerprint density at radius 1 is 0.818 bits per heavy atom. The molecule has 0 atom stereocenters. The van der Waals surface area contributed by atoms with E-state index in [2.05, 4.69) is 9.97 Å². The first-order valence-corrected chi connectivity index (χ1v) is 10.8. The third kappa shape index (κ3) is 3.91. The first-order chi connectivity index (χ1) is 16.2. The molecule has 0 unspecified atom stereocenters. The van der Waals surface area contributed by atoms with Crippen LogP contribution in [0.4, 0.5) is 0 Å². The summed E-state index contributed by atoms with van der Waals surface area (Å²) in [5.41, 5.74) is 2.09. The highest BCUT2D eigenvalue weighted by Crippen LogP contribution is 2.25. The molecule has 0 radical (unpaired) electrons. The zero-order valence-electron chi connectivity index (χ0n) is 18.2. The van der Waals surface area contributed by atoms with E-state index < -0.39 is 0 Å². The minimum atomic E-state index is -0.0579. The van der Waals surface area contributed by atoms with Crippen LogP contribution in [-0.2, 0) is 0 Å². The van der Waals surface area contributed by atoms with Gasteiger partial charge in [-0.25, -0.2) is 9.97 Å². The van der Waals surface area contributed by atoms with E-state index in [0.717, 1.165) is 10.9 Å². The quantitative estimate of drug-likeness (QED) is 0.486. The van der Waals surface area contributed by atoms with Crippen molar-refractivity contribution in [2.24, 2.45) is 0 Å². The van der Waals surface area contributed by atoms with Crippen LogP contribution in [0.15, 0.2) is 73.2 Å². The standard InChI is InChI=1S/C25H23N5O3/c1-33-19-9-7-18(8-10-19)23(31)28-13-15-29(16-14-28)24(32)21-17-30(25-26-11-4-12-27-25)22-6-3-2-5-20(21)22/h2-12,17H,13-16H2,1H3. The van der Waals surface area contributed by atoms with E-state index in [0.29, 0.717) is 49.0 Å². The summed E-state index contributed by atoms with van der Waals surface area (Å²) >= 11 is 0. The van der Waals surface area contributed by atoms with E-state index in [4.69, 9.17) is 4.74 Å². The molecule has 0 saturated carbocycles. The normalized spacial score (nSPS) is 13.8. The van der Waals surface area contributed by atoms with Gasteiger partial charge in [-0.05, 0) is 36.4 Å². The lowest BCUT2D eigenvalue weighted by Gasteiger charge is -2.34. The highest BCUT2D eigenvalue weighted by atomic mass is 16.5. The van der Waals surface area contributed by atoms with Crippen LogP contribution in [0.5, 0.6) is 5.75 Å². The predicted molar refractivity (Wildman–Crippen MR) is 124 cm³/mol. The van der Waals surface area contributed by atoms with Crippen molar-refractivity contribution < 1.29 is 14.3 Å². The van der Waals surface area contributed by atoms with Gasteiger partial charge in [0.05, 0.1) is 18.2 Å². The number of rotatable bonds is 4. The van der Waals surface area contributed by atoms with Gasteiger partial charge >= 0.3 is 0 Å². The molecule has 3 heterocycles. The molecule has 5 rings (SSSR count). The summed E-state index contributed by atoms with van der Waals surface area (Å²) < 4.78 is 7.00. The first-order valence-electron chi connectivity index (χ1n) is 10.8. The molecule has 8 nitrogen and oxygen atoms in total. The number of ether oxygens (including phenoxy) is 1. The van der Waals surface area contributed by atoms with Gasteiger partial charge < -0.3 is 14.5 Å². The number of aromatic nitrogens is 3. The van der Waals surface area contributed by atoms with Crippen molar-refractivity contribution in [2.45, 2.75) is 0 Å². The molecule has 0 aliphatic carbocycles. The summed E-state index contributed by atoms with van der Waals surface area (Å²) in [6.07, 6.45) is 5.16. The molecule has 2 aromatic carbocycles. The Hall–Kier alpha value is -4.20. The van der Waals surface area contributed by atoms with Gasteiger partial charge in [0.1, 0.15) is 5.75 Å². The molecule has 1 saturated heterocycles. The fourth-order valence-corrected chi connectivity index (χ4v) is 4.13. The van der Waals surface area contributed by atoms with Crippen molar-refractivity contribution in [2.75, 3.05) is 33.3 Å². The number of hydrogen-bond acceptors (Lipinski definition) is 5. The van der Waals surface area contributed by atoms with Gasteiger partial charge in [0.2, 0.25) is 5.95 Å². The molecule has 2 amide bonds. The van der Waals surface area contributed by atoms with Crippen molar-refractivity contribution in [3.05, 3.63) is 84.3 Å². The van der Waals surface area contributed by atoms with Crippen LogP contribution >= 0.6 is 0 Å². The third-order valence-corrected chi connectivity index (χ3v) is 5.90. The van der Waals surface area contributed by atoms with Gasteiger partial charge in [-0.2, -0.15) is 0 Å². The fraction of sp³-hybridized carbons (Fsp3) is 0.200. The molecule has 1 aliphatic rings. The topological polar surface area (TPSA) is 80.6 Å². The predicted octanol–water partition coefficient (Wildman–Crippen LogP) is 3.03. The van der Waals surface area contributed by atoms with Crippen molar-refractivity contribution in [3.8, 4) is 11.7 Å². The summed E-state index contributed by atoms with van der Waals surface area (Å²) in [5.74, 6) is 1.13. The highest BCUT2D eigenvalue weighted by molar-refractivity contribution is 6.07. The first kappa shape index (κ1) is 20.7. The number of piperazine rings is 1. The molecule has 4 aromatic rings. The Morgan fingerprint density at radius 2 is 1.45 bits per heavy atom. The Morgan fingerprint density at radius 3 is 2.12 bits per heavy atom. The zero-order chi connectivity index (χ0) is 22.8. The Labute approximate surface area is 191 Å². The van der Waals surface area contributed by atoms with E-state index >= 15 is 0 Å². The molecular weight excluding hydrogens is 418 g/mol. The second kappa shape index (κ2) is 8.74. The van der Waals surface area contributed by atoms with Crippen LogP contribution in [0, 0.1) is 0 Å². The Bertz CT molecular complexity index is 1290. The molecule has 0 spiro atoms. The van der Waals surface area contributed by atoms with Crippen molar-refractivity contribution in [3.63, 3.8) is 0 Å². The van der Waals surface area contributed by atoms with Gasteiger partial charge in [0.15, 0.2) is 0 Å². The second-order valence-electron chi connectivity index (χ2n) is 7.79. The van der Waals surface area contributed by atoms with Crippen molar-refractivity contribution >= 4 is 22.7 Å². The number of methoxy groups -OCH3 is 1. The number of para-hydroxylation sites is 1. The largest absolute Gasteiger partial charge is 0.497 e. The highest BCUT2D eigenvalue weighted by Gasteiger charge is 2.27. The molecule has 33 heavy (non-hydrogen) atoms. The lowest BCUT2D eigenvalue weighted by Crippen LogP contribution is -2.50. The summed E-state index contributed by atoms with van der Waals surface area (Å²) in [6, 6.07) is 16.6. The van der Waals surface area contributed by atoms with E-state index in [1.807, 2.05) is 28.8 Å². The molecule has 2 aromatic heterocycles. The maximum Gasteiger partial charge on any atom is 0.256 e. The summed E-state index contributed by atoms with van der Waals surface area (Å²) in [5, 5.41) is 0.853. The van der Waals surface area contributed by atoms with Gasteiger partial charge in [0.25, 0.3) is 11.8 Å². The van der Waals surface area contributed by atoms with E-state index in [1.54, 1.807) is 65.8 Å². The summed E-state index contributed by atoms with van der Waals surface area (Å²) in [6.45, 7) is 1.91. The van der Waals surface area contributed by atoms with Crippen LogP contribution in [0.3, 0.4) is 0 Å². The van der Waals surface area contributed by atoms with Gasteiger partial charge in [0, 0.05) is 55.7 Å². The number of hydrogen-bond donors (Lipinski definition) is 0. The number of benzene rings is 2. The minimum absolute atomic E-state index is 0.0393. The summed E-state index contributed by atoms with van der Waals surface area (Å²) in [7, 11) is 1.59. The van der Waals surface area contributed by atoms with E-state index in [9.17, 15) is 9.59 Å². The molecular formula is C25H23N5O3. The Kier molecular flexibility index (Phi) is 5.48. The SMILES string of the molecule is COc1ccc(C(=O)N2CCN(C(=O)c3cn(-c4ncccn4)c4ccccc34)CC2)cc1. The number of fused-ring (bicyclic) bond motifs is 1. The van der Waals surface area contributed by atoms with Crippen LogP contribution in [0.25, 0.3) is 16.9 Å². The average molecular weight is 441 g/mol. The fourth-order valence-electron chi connectivity index (χ4n) is 4.13. The molecule has 1 fully saturated rings. The lowest BCUT2D eigenvalue weighted by molar-refractivity contribution is 0.0536. The number of carbonyl (C=O) groups is 2.